The summed E-state index contributed by atoms with van der Waals surface area (Å²) in [5.41, 5.74) is 5.76. The van der Waals surface area contributed by atoms with Crippen molar-refractivity contribution in [2.45, 2.75) is 19.3 Å². The lowest BCUT2D eigenvalue weighted by Gasteiger charge is -2.20. The molecular weight excluding hydrogens is 642 g/mol. The van der Waals surface area contributed by atoms with Crippen molar-refractivity contribution in [2.75, 3.05) is 65.8 Å². The Bertz CT molecular complexity index is 2010. The molecule has 256 valence electrons. The highest BCUT2D eigenvalue weighted by atomic mass is 35.5. The molecule has 1 aliphatic carbocycles. The van der Waals surface area contributed by atoms with Crippen LogP contribution in [0.1, 0.15) is 38.3 Å². The van der Waals surface area contributed by atoms with Crippen molar-refractivity contribution >= 4 is 40.1 Å². The summed E-state index contributed by atoms with van der Waals surface area (Å²) in [6.45, 7) is 1.05. The lowest BCUT2D eigenvalue weighted by molar-refractivity contribution is -0.254. The number of ether oxygens (including phenoxy) is 2. The van der Waals surface area contributed by atoms with Crippen molar-refractivity contribution in [3.63, 3.8) is 0 Å². The number of anilines is 1. The van der Waals surface area contributed by atoms with Gasteiger partial charge in [-0.3, -0.25) is 4.79 Å². The normalized spacial score (nSPS) is 11.1. The SMILES string of the molecule is COc1cc(CCCCl)ccc1CCOCCNC(=O)c1ccc(C(=O)[O-])c(-c2c3ccc(=[N+](C)C)cc-3oc3cc(N(C)C)ccc23)c1. The number of carbonyl (C=O) groups is 2. The molecule has 5 rings (SSSR count). The number of nitrogens with one attached hydrogen (secondary N) is 1. The first kappa shape index (κ1) is 35.4. The van der Waals surface area contributed by atoms with Gasteiger partial charge >= 0.3 is 0 Å². The molecule has 3 aromatic rings. The van der Waals surface area contributed by atoms with Crippen LogP contribution in [0.4, 0.5) is 5.69 Å². The molecule has 0 spiro atoms. The highest BCUT2D eigenvalue weighted by molar-refractivity contribution is 6.17. The molecule has 49 heavy (non-hydrogen) atoms. The number of carbonyl (C=O) groups excluding carboxylic acids is 2. The van der Waals surface area contributed by atoms with Gasteiger partial charge in [-0.05, 0) is 72.4 Å². The molecule has 0 bridgehead atoms. The Hall–Kier alpha value is -4.86. The van der Waals surface area contributed by atoms with Crippen molar-refractivity contribution in [3.05, 3.63) is 100 Å². The number of amides is 1. The van der Waals surface area contributed by atoms with Crippen LogP contribution in [-0.2, 0) is 17.6 Å². The highest BCUT2D eigenvalue weighted by Gasteiger charge is 2.22. The number of carboxylic acids is 1. The fourth-order valence-electron chi connectivity index (χ4n) is 5.83. The Morgan fingerprint density at radius 1 is 0.939 bits per heavy atom. The first-order chi connectivity index (χ1) is 23.6. The number of alkyl halides is 1. The molecule has 1 aliphatic heterocycles. The highest BCUT2D eigenvalue weighted by Crippen LogP contribution is 2.42. The predicted molar refractivity (Wildman–Crippen MR) is 193 cm³/mol. The molecule has 10 heteroatoms. The summed E-state index contributed by atoms with van der Waals surface area (Å²) in [6.07, 6.45) is 2.47. The zero-order valence-electron chi connectivity index (χ0n) is 28.6. The molecule has 2 aliphatic rings. The Morgan fingerprint density at radius 3 is 2.47 bits per heavy atom. The maximum absolute atomic E-state index is 13.3. The number of rotatable bonds is 14. The second-order valence-corrected chi connectivity index (χ2v) is 12.6. The van der Waals surface area contributed by atoms with Crippen LogP contribution in [0.5, 0.6) is 5.75 Å². The second-order valence-electron chi connectivity index (χ2n) is 12.2. The number of halogens is 1. The Labute approximate surface area is 291 Å². The first-order valence-electron chi connectivity index (χ1n) is 16.2. The van der Waals surface area contributed by atoms with Gasteiger partial charge in [-0.25, -0.2) is 4.58 Å². The van der Waals surface area contributed by atoms with E-state index in [1.807, 2.05) is 80.1 Å². The lowest BCUT2D eigenvalue weighted by Crippen LogP contribution is -2.28. The van der Waals surface area contributed by atoms with E-state index in [9.17, 15) is 14.7 Å². The average molecular weight is 684 g/mol. The monoisotopic (exact) mass is 683 g/mol. The number of methoxy groups -OCH3 is 1. The molecule has 0 unspecified atom stereocenters. The summed E-state index contributed by atoms with van der Waals surface area (Å²) >= 11 is 5.83. The van der Waals surface area contributed by atoms with E-state index in [1.54, 1.807) is 13.2 Å². The van der Waals surface area contributed by atoms with Crippen molar-refractivity contribution in [1.29, 1.82) is 0 Å². The summed E-state index contributed by atoms with van der Waals surface area (Å²) in [6, 6.07) is 22.3. The molecule has 0 radical (unpaired) electrons. The minimum absolute atomic E-state index is 0.0236. The number of fused-ring (bicyclic) bond motifs is 2. The first-order valence-corrected chi connectivity index (χ1v) is 16.8. The molecule has 3 aromatic carbocycles. The van der Waals surface area contributed by atoms with Crippen LogP contribution in [0.25, 0.3) is 33.4 Å². The number of hydrogen-bond donors (Lipinski definition) is 1. The minimum Gasteiger partial charge on any atom is -0.545 e. The van der Waals surface area contributed by atoms with E-state index in [1.165, 1.54) is 17.7 Å². The zero-order valence-corrected chi connectivity index (χ0v) is 29.4. The molecule has 1 heterocycles. The van der Waals surface area contributed by atoms with E-state index < -0.39 is 5.97 Å². The van der Waals surface area contributed by atoms with Crippen LogP contribution in [0.3, 0.4) is 0 Å². The third-order valence-electron chi connectivity index (χ3n) is 8.49. The number of nitrogens with zero attached hydrogens (tertiary/aromatic N) is 2. The van der Waals surface area contributed by atoms with Crippen molar-refractivity contribution in [1.82, 2.24) is 9.89 Å². The molecule has 0 saturated heterocycles. The number of carboxylic acid groups (broad SMARTS) is 1. The summed E-state index contributed by atoms with van der Waals surface area (Å²) in [5, 5.41) is 17.0. The molecule has 1 amide bonds. The van der Waals surface area contributed by atoms with E-state index in [0.29, 0.717) is 64.5 Å². The molecule has 0 saturated carbocycles. The molecular formula is C39H42ClN3O6. The van der Waals surface area contributed by atoms with Gasteiger partial charge in [0, 0.05) is 72.0 Å². The number of aromatic carboxylic acids is 1. The van der Waals surface area contributed by atoms with E-state index in [0.717, 1.165) is 35.2 Å². The standard InChI is InChI=1S/C39H42ClN3O6/c1-42(2)28-11-14-31-35(23-28)49-36-24-29(43(3)4)12-15-32(36)37(31)33-22-27(10-13-30(33)39(45)46)38(44)41-18-20-48-19-16-26-9-8-25(7-6-17-40)21-34(26)47-5/h8-15,21-24H,6-7,16-20H2,1-5H3,(H-,41,44,45,46). The van der Waals surface area contributed by atoms with Crippen LogP contribution in [0.2, 0.25) is 0 Å². The largest absolute Gasteiger partial charge is 0.545 e. The summed E-state index contributed by atoms with van der Waals surface area (Å²) < 4.78 is 19.8. The predicted octanol–water partition coefficient (Wildman–Crippen LogP) is 4.84. The molecule has 9 nitrogen and oxygen atoms in total. The maximum atomic E-state index is 13.3. The van der Waals surface area contributed by atoms with Gasteiger partial charge in [0.15, 0.2) is 0 Å². The lowest BCUT2D eigenvalue weighted by atomic mass is 9.89. The van der Waals surface area contributed by atoms with Gasteiger partial charge in [-0.2, -0.15) is 0 Å². The Morgan fingerprint density at radius 2 is 1.76 bits per heavy atom. The van der Waals surface area contributed by atoms with Gasteiger partial charge in [0.2, 0.25) is 5.36 Å². The van der Waals surface area contributed by atoms with Crippen molar-refractivity contribution in [3.8, 4) is 28.2 Å². The molecule has 0 fully saturated rings. The van der Waals surface area contributed by atoms with E-state index in [-0.39, 0.29) is 18.0 Å². The number of benzene rings is 4. The molecule has 0 aromatic heterocycles. The van der Waals surface area contributed by atoms with Crippen molar-refractivity contribution < 1.29 is 28.6 Å². The van der Waals surface area contributed by atoms with Gasteiger partial charge in [0.1, 0.15) is 31.2 Å². The third kappa shape index (κ3) is 8.24. The van der Waals surface area contributed by atoms with Crippen LogP contribution in [-0.4, -0.2) is 72.8 Å². The number of aryl methyl sites for hydroxylation is 1. The van der Waals surface area contributed by atoms with Crippen LogP contribution in [0, 0.1) is 0 Å². The molecule has 1 N–H and O–H groups in total. The summed E-state index contributed by atoms with van der Waals surface area (Å²) in [4.78, 5) is 27.7. The fraction of sp³-hybridized carbons (Fsp3) is 0.308. The number of hydrogen-bond acceptors (Lipinski definition) is 7. The second kappa shape index (κ2) is 16.0. The van der Waals surface area contributed by atoms with E-state index in [2.05, 4.69) is 17.4 Å². The van der Waals surface area contributed by atoms with Gasteiger partial charge in [-0.1, -0.05) is 18.2 Å². The van der Waals surface area contributed by atoms with E-state index >= 15 is 0 Å². The third-order valence-corrected chi connectivity index (χ3v) is 8.76. The molecule has 0 atom stereocenters. The Balaban J connectivity index is 1.37. The van der Waals surface area contributed by atoms with Gasteiger partial charge in [0.05, 0.1) is 32.4 Å². The van der Waals surface area contributed by atoms with Crippen LogP contribution in [0.15, 0.2) is 77.2 Å². The van der Waals surface area contributed by atoms with E-state index in [4.69, 9.17) is 25.5 Å². The smallest absolute Gasteiger partial charge is 0.251 e. The zero-order chi connectivity index (χ0) is 35.1. The average Bonchev–Trinajstić information content (AvgIpc) is 3.10. The van der Waals surface area contributed by atoms with Crippen molar-refractivity contribution in [2.24, 2.45) is 0 Å². The van der Waals surface area contributed by atoms with Crippen LogP contribution >= 0.6 is 11.6 Å². The van der Waals surface area contributed by atoms with Crippen LogP contribution < -0.4 is 30.0 Å². The fourth-order valence-corrected chi connectivity index (χ4v) is 5.96. The summed E-state index contributed by atoms with van der Waals surface area (Å²) in [7, 11) is 9.42. The minimum atomic E-state index is -1.34. The maximum Gasteiger partial charge on any atom is 0.251 e. The summed E-state index contributed by atoms with van der Waals surface area (Å²) in [5.74, 6) is 0.343. The topological polar surface area (TPSA) is 107 Å². The Kier molecular flexibility index (Phi) is 11.6. The van der Waals surface area contributed by atoms with Gasteiger partial charge in [-0.15, -0.1) is 11.6 Å². The quantitative estimate of drug-likeness (QED) is 0.0773. The van der Waals surface area contributed by atoms with Gasteiger partial charge in [0.25, 0.3) is 5.91 Å². The van der Waals surface area contributed by atoms with Gasteiger partial charge < -0.3 is 34.0 Å².